The van der Waals surface area contributed by atoms with Gasteiger partial charge in [-0.15, -0.1) is 0 Å². The number of amides is 4. The summed E-state index contributed by atoms with van der Waals surface area (Å²) in [6.45, 7) is 6.87. The van der Waals surface area contributed by atoms with Crippen LogP contribution in [0, 0.1) is 5.92 Å². The monoisotopic (exact) mass is 724 g/mol. The van der Waals surface area contributed by atoms with E-state index in [4.69, 9.17) is 4.74 Å². The molecule has 14 heteroatoms. The zero-order chi connectivity index (χ0) is 37.6. The van der Waals surface area contributed by atoms with Gasteiger partial charge in [-0.05, 0) is 60.3 Å². The molecule has 2 aliphatic heterocycles. The van der Waals surface area contributed by atoms with Crippen LogP contribution in [0.5, 0.6) is 0 Å². The molecule has 0 bridgehead atoms. The van der Waals surface area contributed by atoms with Crippen LogP contribution >= 0.6 is 0 Å². The molecule has 0 spiro atoms. The molecular weight excluding hydrogens is 676 g/mol. The van der Waals surface area contributed by atoms with Crippen LogP contribution < -0.4 is 10.6 Å². The summed E-state index contributed by atoms with van der Waals surface area (Å²) in [5.41, 5.74) is 5.72. The minimum Gasteiger partial charge on any atom is -0.465 e. The number of nitrogens with one attached hydrogen (secondary N) is 4. The number of benzene rings is 2. The number of aromatic nitrogens is 4. The van der Waals surface area contributed by atoms with Crippen molar-refractivity contribution in [2.75, 3.05) is 20.2 Å². The topological polar surface area (TPSA) is 186 Å². The first-order valence-electron chi connectivity index (χ1n) is 18.3. The molecule has 0 unspecified atom stereocenters. The minimum atomic E-state index is -1.20. The summed E-state index contributed by atoms with van der Waals surface area (Å²) in [7, 11) is 1.29. The van der Waals surface area contributed by atoms with Crippen molar-refractivity contribution in [3.63, 3.8) is 0 Å². The number of hydrogen-bond acceptors (Lipinski definition) is 7. The second-order valence-electron chi connectivity index (χ2n) is 14.0. The summed E-state index contributed by atoms with van der Waals surface area (Å²) < 4.78 is 4.75. The van der Waals surface area contributed by atoms with Crippen molar-refractivity contribution in [1.82, 2.24) is 40.4 Å². The highest BCUT2D eigenvalue weighted by molar-refractivity contribution is 5.87. The summed E-state index contributed by atoms with van der Waals surface area (Å²) in [6.07, 6.45) is 6.08. The van der Waals surface area contributed by atoms with Gasteiger partial charge in [-0.25, -0.2) is 19.6 Å². The number of nitrogens with zero attached hydrogens (tertiary/aromatic N) is 4. The van der Waals surface area contributed by atoms with Crippen molar-refractivity contribution in [3.8, 4) is 33.6 Å². The van der Waals surface area contributed by atoms with Crippen molar-refractivity contribution in [3.05, 3.63) is 72.6 Å². The van der Waals surface area contributed by atoms with E-state index in [2.05, 4.69) is 54.8 Å². The molecule has 2 fully saturated rings. The van der Waals surface area contributed by atoms with Crippen LogP contribution in [0.15, 0.2) is 60.9 Å². The number of rotatable bonds is 12. The Morgan fingerprint density at radius 2 is 1.26 bits per heavy atom. The van der Waals surface area contributed by atoms with Gasteiger partial charge in [-0.3, -0.25) is 9.59 Å². The zero-order valence-electron chi connectivity index (χ0n) is 30.6. The summed E-state index contributed by atoms with van der Waals surface area (Å²) in [5.74, 6) is 0.952. The lowest BCUT2D eigenvalue weighted by Gasteiger charge is -2.30. The summed E-state index contributed by atoms with van der Waals surface area (Å²) >= 11 is 0. The van der Waals surface area contributed by atoms with Gasteiger partial charge in [0.15, 0.2) is 0 Å². The third-order valence-corrected chi connectivity index (χ3v) is 10.2. The van der Waals surface area contributed by atoms with Gasteiger partial charge in [0.05, 0.1) is 43.0 Å². The minimum absolute atomic E-state index is 0.106. The van der Waals surface area contributed by atoms with Crippen LogP contribution in [-0.4, -0.2) is 91.1 Å². The Balaban J connectivity index is 1.10. The van der Waals surface area contributed by atoms with E-state index in [1.54, 1.807) is 22.2 Å². The van der Waals surface area contributed by atoms with E-state index >= 15 is 0 Å². The van der Waals surface area contributed by atoms with Crippen LogP contribution in [0.25, 0.3) is 33.6 Å². The predicted molar refractivity (Wildman–Crippen MR) is 198 cm³/mol. The molecule has 2 aromatic carbocycles. The van der Waals surface area contributed by atoms with E-state index in [0.29, 0.717) is 31.8 Å². The molecule has 2 saturated heterocycles. The van der Waals surface area contributed by atoms with Crippen molar-refractivity contribution in [2.45, 2.75) is 83.5 Å². The van der Waals surface area contributed by atoms with Crippen LogP contribution in [0.2, 0.25) is 0 Å². The second kappa shape index (κ2) is 16.3. The van der Waals surface area contributed by atoms with Crippen LogP contribution in [-0.2, 0) is 14.3 Å². The summed E-state index contributed by atoms with van der Waals surface area (Å²) in [6, 6.07) is 14.5. The number of aromatic amines is 2. The Morgan fingerprint density at radius 3 is 1.70 bits per heavy atom. The number of hydrogen-bond donors (Lipinski definition) is 5. The molecule has 280 valence electrons. The molecular formula is C39H48N8O6. The SMILES string of the molecule is CCC[C@H](NC(=O)O)C(=O)N1CCC[C@H]1c1ncc(-c2ccc(-c3ccc(-c4cnc([C@@H]5CCCN5C(=O)[C@@H](NC(=O)OC)C(C)C)[nH]4)cc3)cc2)[nH]1. The standard InChI is InChI=1S/C39H48N8O6/c1-5-8-28(44-38(50)51)36(48)46-19-6-9-31(46)34-40-21-29(42-34)26-15-11-24(12-16-26)25-13-17-27(18-14-25)30-22-41-35(43-30)32-10-7-20-47(32)37(49)33(23(2)3)45-39(52)53-4/h11-18,21-23,28,31-33,44H,5-10,19-20H2,1-4H3,(H,40,42)(H,41,43)(H,45,52)(H,50,51)/t28-,31-,32-,33-/m0/s1. The van der Waals surface area contributed by atoms with E-state index < -0.39 is 24.3 Å². The van der Waals surface area contributed by atoms with Gasteiger partial charge in [0, 0.05) is 13.1 Å². The number of carbonyl (C=O) groups is 4. The average Bonchev–Trinajstić information content (AvgIpc) is 3.99. The molecule has 2 aromatic heterocycles. The number of H-pyrrole nitrogens is 2. The third kappa shape index (κ3) is 8.21. The molecule has 4 atom stereocenters. The molecule has 53 heavy (non-hydrogen) atoms. The number of carbonyl (C=O) groups excluding carboxylic acids is 3. The van der Waals surface area contributed by atoms with Gasteiger partial charge >= 0.3 is 12.2 Å². The second-order valence-corrected chi connectivity index (χ2v) is 14.0. The average molecular weight is 725 g/mol. The smallest absolute Gasteiger partial charge is 0.407 e. The van der Waals surface area contributed by atoms with Gasteiger partial charge in [0.1, 0.15) is 23.7 Å². The Kier molecular flexibility index (Phi) is 11.4. The highest BCUT2D eigenvalue weighted by Crippen LogP contribution is 2.35. The Hall–Kier alpha value is -5.66. The number of likely N-dealkylation sites (tertiary alicyclic amines) is 2. The molecule has 0 radical (unpaired) electrons. The molecule has 4 amide bonds. The fraction of sp³-hybridized carbons (Fsp3) is 0.436. The predicted octanol–water partition coefficient (Wildman–Crippen LogP) is 6.28. The van der Waals surface area contributed by atoms with Gasteiger partial charge in [-0.1, -0.05) is 75.7 Å². The van der Waals surface area contributed by atoms with E-state index in [0.717, 1.165) is 65.1 Å². The Labute approximate surface area is 308 Å². The van der Waals surface area contributed by atoms with Gasteiger partial charge in [0.25, 0.3) is 0 Å². The lowest BCUT2D eigenvalue weighted by Crippen LogP contribution is -2.51. The Bertz CT molecular complexity index is 1900. The van der Waals surface area contributed by atoms with Crippen molar-refractivity contribution in [2.24, 2.45) is 5.92 Å². The number of carboxylic acid groups (broad SMARTS) is 1. The van der Waals surface area contributed by atoms with Crippen LogP contribution in [0.3, 0.4) is 0 Å². The fourth-order valence-corrected chi connectivity index (χ4v) is 7.39. The molecule has 5 N–H and O–H groups in total. The van der Waals surface area contributed by atoms with Crippen molar-refractivity contribution >= 4 is 24.0 Å². The maximum Gasteiger partial charge on any atom is 0.407 e. The molecule has 0 saturated carbocycles. The number of methoxy groups -OCH3 is 1. The quantitative estimate of drug-likeness (QED) is 0.113. The van der Waals surface area contributed by atoms with Gasteiger partial charge < -0.3 is 40.2 Å². The van der Waals surface area contributed by atoms with E-state index in [1.807, 2.05) is 45.0 Å². The molecule has 14 nitrogen and oxygen atoms in total. The van der Waals surface area contributed by atoms with E-state index in [9.17, 15) is 24.3 Å². The first kappa shape index (κ1) is 37.1. The Morgan fingerprint density at radius 1 is 0.792 bits per heavy atom. The van der Waals surface area contributed by atoms with Gasteiger partial charge in [0.2, 0.25) is 11.8 Å². The molecule has 4 heterocycles. The molecule has 0 aliphatic carbocycles. The van der Waals surface area contributed by atoms with Crippen molar-refractivity contribution < 1.29 is 29.0 Å². The van der Waals surface area contributed by atoms with Crippen molar-refractivity contribution in [1.29, 1.82) is 0 Å². The van der Waals surface area contributed by atoms with E-state index in [1.165, 1.54) is 7.11 Å². The largest absolute Gasteiger partial charge is 0.465 e. The lowest BCUT2D eigenvalue weighted by molar-refractivity contribution is -0.135. The first-order chi connectivity index (χ1) is 25.6. The maximum absolute atomic E-state index is 13.5. The number of alkyl carbamates (subject to hydrolysis) is 1. The molecule has 2 aliphatic rings. The maximum atomic E-state index is 13.5. The molecule has 4 aromatic rings. The van der Waals surface area contributed by atoms with Gasteiger partial charge in [-0.2, -0.15) is 0 Å². The van der Waals surface area contributed by atoms with E-state index in [-0.39, 0.29) is 29.8 Å². The number of imidazole rings is 2. The molecule has 6 rings (SSSR count). The summed E-state index contributed by atoms with van der Waals surface area (Å²) in [4.78, 5) is 69.7. The fourth-order valence-electron chi connectivity index (χ4n) is 7.39. The third-order valence-electron chi connectivity index (χ3n) is 10.2. The van der Waals surface area contributed by atoms with Crippen LogP contribution in [0.4, 0.5) is 9.59 Å². The highest BCUT2D eigenvalue weighted by Gasteiger charge is 2.38. The zero-order valence-corrected chi connectivity index (χ0v) is 30.6. The van der Waals surface area contributed by atoms with Crippen LogP contribution in [0.1, 0.15) is 83.0 Å². The number of ether oxygens (including phenoxy) is 1. The normalized spacial score (nSPS) is 18.2. The summed E-state index contributed by atoms with van der Waals surface area (Å²) in [5, 5.41) is 14.3. The highest BCUT2D eigenvalue weighted by atomic mass is 16.5. The lowest BCUT2D eigenvalue weighted by atomic mass is 10.0. The first-order valence-corrected chi connectivity index (χ1v) is 18.3.